The van der Waals surface area contributed by atoms with Crippen LogP contribution < -0.4 is 0 Å². The van der Waals surface area contributed by atoms with Gasteiger partial charge in [0, 0.05) is 45.9 Å². The van der Waals surface area contributed by atoms with Crippen molar-refractivity contribution in [2.24, 2.45) is 0 Å². The lowest BCUT2D eigenvalue weighted by molar-refractivity contribution is 0.00482. The number of carbonyl (C=O) groups is 1. The number of methoxy groups -OCH3 is 1. The van der Waals surface area contributed by atoms with Gasteiger partial charge in [0.25, 0.3) is 0 Å². The summed E-state index contributed by atoms with van der Waals surface area (Å²) in [7, 11) is 1.73. The Hall–Kier alpha value is -0.810. The molecule has 112 valence electrons. The summed E-state index contributed by atoms with van der Waals surface area (Å²) in [6.45, 7) is 12.1. The molecular formula is C14H28N2O3. The summed E-state index contributed by atoms with van der Waals surface area (Å²) in [5.41, 5.74) is -0.421. The summed E-state index contributed by atoms with van der Waals surface area (Å²) in [6, 6.07) is 0.373. The molecule has 0 N–H and O–H groups in total. The van der Waals surface area contributed by atoms with Crippen molar-refractivity contribution in [1.29, 1.82) is 0 Å². The van der Waals surface area contributed by atoms with E-state index in [1.165, 1.54) is 0 Å². The Morgan fingerprint density at radius 1 is 1.32 bits per heavy atom. The van der Waals surface area contributed by atoms with E-state index in [1.54, 1.807) is 7.11 Å². The molecule has 0 radical (unpaired) electrons. The molecule has 19 heavy (non-hydrogen) atoms. The van der Waals surface area contributed by atoms with Crippen LogP contribution in [-0.2, 0) is 9.47 Å². The van der Waals surface area contributed by atoms with Gasteiger partial charge in [-0.15, -0.1) is 0 Å². The van der Waals surface area contributed by atoms with E-state index in [-0.39, 0.29) is 6.09 Å². The van der Waals surface area contributed by atoms with Crippen LogP contribution in [0, 0.1) is 0 Å². The summed E-state index contributed by atoms with van der Waals surface area (Å²) >= 11 is 0. The summed E-state index contributed by atoms with van der Waals surface area (Å²) in [5, 5.41) is 0. The SMILES string of the molecule is COCCCN1CCN(C(=O)OC(C)(C)C)C[C@H]1C. The molecule has 5 nitrogen and oxygen atoms in total. The third-order valence-electron chi connectivity index (χ3n) is 3.21. The maximum Gasteiger partial charge on any atom is 0.410 e. The van der Waals surface area contributed by atoms with E-state index in [0.717, 1.165) is 39.2 Å². The van der Waals surface area contributed by atoms with Gasteiger partial charge in [0.15, 0.2) is 0 Å². The Morgan fingerprint density at radius 3 is 2.53 bits per heavy atom. The van der Waals surface area contributed by atoms with E-state index in [0.29, 0.717) is 6.04 Å². The molecule has 0 aliphatic carbocycles. The van der Waals surface area contributed by atoms with Gasteiger partial charge in [0.1, 0.15) is 5.60 Å². The lowest BCUT2D eigenvalue weighted by Crippen LogP contribution is -2.54. The van der Waals surface area contributed by atoms with Crippen molar-refractivity contribution in [1.82, 2.24) is 9.80 Å². The van der Waals surface area contributed by atoms with Crippen LogP contribution in [0.5, 0.6) is 0 Å². The molecule has 0 unspecified atom stereocenters. The number of nitrogens with zero attached hydrogens (tertiary/aromatic N) is 2. The summed E-state index contributed by atoms with van der Waals surface area (Å²) in [4.78, 5) is 16.2. The summed E-state index contributed by atoms with van der Waals surface area (Å²) in [5.74, 6) is 0. The minimum absolute atomic E-state index is 0.198. The molecule has 1 saturated heterocycles. The zero-order valence-electron chi connectivity index (χ0n) is 12.9. The molecule has 0 aromatic rings. The Labute approximate surface area is 116 Å². The molecule has 0 aromatic carbocycles. The van der Waals surface area contributed by atoms with Crippen LogP contribution in [0.15, 0.2) is 0 Å². The second-order valence-corrected chi connectivity index (χ2v) is 6.16. The third kappa shape index (κ3) is 5.78. The highest BCUT2D eigenvalue weighted by atomic mass is 16.6. The van der Waals surface area contributed by atoms with Crippen LogP contribution in [0.4, 0.5) is 4.79 Å². The number of rotatable bonds is 4. The molecule has 5 heteroatoms. The Morgan fingerprint density at radius 2 is 2.00 bits per heavy atom. The highest BCUT2D eigenvalue weighted by Gasteiger charge is 2.29. The van der Waals surface area contributed by atoms with E-state index in [2.05, 4.69) is 11.8 Å². The minimum atomic E-state index is -0.421. The van der Waals surface area contributed by atoms with Gasteiger partial charge in [-0.05, 0) is 34.1 Å². The first-order valence-electron chi connectivity index (χ1n) is 7.04. The molecule has 1 heterocycles. The lowest BCUT2D eigenvalue weighted by Gasteiger charge is -2.40. The molecule has 1 atom stereocenters. The minimum Gasteiger partial charge on any atom is -0.444 e. The smallest absolute Gasteiger partial charge is 0.410 e. The van der Waals surface area contributed by atoms with Crippen LogP contribution in [0.25, 0.3) is 0 Å². The first-order valence-corrected chi connectivity index (χ1v) is 7.04. The van der Waals surface area contributed by atoms with Gasteiger partial charge in [0.05, 0.1) is 0 Å². The fourth-order valence-electron chi connectivity index (χ4n) is 2.23. The van der Waals surface area contributed by atoms with Gasteiger partial charge in [0.2, 0.25) is 0 Å². The van der Waals surface area contributed by atoms with E-state index < -0.39 is 5.60 Å². The van der Waals surface area contributed by atoms with Crippen LogP contribution in [-0.4, -0.2) is 67.4 Å². The van der Waals surface area contributed by atoms with Gasteiger partial charge < -0.3 is 14.4 Å². The highest BCUT2D eigenvalue weighted by molar-refractivity contribution is 5.68. The van der Waals surface area contributed by atoms with Crippen molar-refractivity contribution >= 4 is 6.09 Å². The largest absolute Gasteiger partial charge is 0.444 e. The lowest BCUT2D eigenvalue weighted by atomic mass is 10.2. The molecule has 0 spiro atoms. The second-order valence-electron chi connectivity index (χ2n) is 6.16. The van der Waals surface area contributed by atoms with Gasteiger partial charge in [-0.2, -0.15) is 0 Å². The molecule has 1 rings (SSSR count). The molecule has 0 bridgehead atoms. The van der Waals surface area contributed by atoms with Crippen molar-refractivity contribution in [3.05, 3.63) is 0 Å². The fourth-order valence-corrected chi connectivity index (χ4v) is 2.23. The van der Waals surface area contributed by atoms with Crippen molar-refractivity contribution in [3.8, 4) is 0 Å². The van der Waals surface area contributed by atoms with Gasteiger partial charge >= 0.3 is 6.09 Å². The molecule has 1 fully saturated rings. The van der Waals surface area contributed by atoms with Crippen molar-refractivity contribution in [2.75, 3.05) is 39.9 Å². The number of ether oxygens (including phenoxy) is 2. The zero-order valence-corrected chi connectivity index (χ0v) is 12.9. The molecule has 0 aromatic heterocycles. The molecule has 0 saturated carbocycles. The van der Waals surface area contributed by atoms with Crippen molar-refractivity contribution < 1.29 is 14.3 Å². The van der Waals surface area contributed by atoms with Crippen LogP contribution in [0.3, 0.4) is 0 Å². The first-order chi connectivity index (χ1) is 8.83. The van der Waals surface area contributed by atoms with Gasteiger partial charge in [-0.25, -0.2) is 4.79 Å². The van der Waals surface area contributed by atoms with Crippen LogP contribution in [0.2, 0.25) is 0 Å². The Bertz CT molecular complexity index is 289. The number of piperazine rings is 1. The van der Waals surface area contributed by atoms with Crippen LogP contribution in [0.1, 0.15) is 34.1 Å². The maximum atomic E-state index is 12.0. The van der Waals surface area contributed by atoms with E-state index in [9.17, 15) is 4.79 Å². The molecule has 1 aliphatic heterocycles. The predicted molar refractivity (Wildman–Crippen MR) is 75.3 cm³/mol. The second kappa shape index (κ2) is 7.10. The van der Waals surface area contributed by atoms with E-state index in [1.807, 2.05) is 25.7 Å². The summed E-state index contributed by atoms with van der Waals surface area (Å²) in [6.07, 6.45) is 0.837. The van der Waals surface area contributed by atoms with Crippen LogP contribution >= 0.6 is 0 Å². The standard InChI is InChI=1S/C14H28N2O3/c1-12-11-16(13(17)19-14(2,3)4)9-8-15(12)7-6-10-18-5/h12H,6-11H2,1-5H3/t12-/m1/s1. The number of carbonyl (C=O) groups excluding carboxylic acids is 1. The predicted octanol–water partition coefficient (Wildman–Crippen LogP) is 1.96. The zero-order chi connectivity index (χ0) is 14.5. The Balaban J connectivity index is 2.38. The van der Waals surface area contributed by atoms with Gasteiger partial charge in [-0.1, -0.05) is 0 Å². The Kier molecular flexibility index (Phi) is 6.07. The number of hydrogen-bond donors (Lipinski definition) is 0. The highest BCUT2D eigenvalue weighted by Crippen LogP contribution is 2.14. The van der Waals surface area contributed by atoms with Gasteiger partial charge in [-0.3, -0.25) is 4.90 Å². The van der Waals surface area contributed by atoms with E-state index in [4.69, 9.17) is 9.47 Å². The fraction of sp³-hybridized carbons (Fsp3) is 0.929. The molecule has 1 aliphatic rings. The number of amides is 1. The maximum absolute atomic E-state index is 12.0. The third-order valence-corrected chi connectivity index (χ3v) is 3.21. The number of hydrogen-bond acceptors (Lipinski definition) is 4. The topological polar surface area (TPSA) is 42.0 Å². The average Bonchev–Trinajstić information content (AvgIpc) is 2.29. The van der Waals surface area contributed by atoms with Crippen molar-refractivity contribution in [3.63, 3.8) is 0 Å². The summed E-state index contributed by atoms with van der Waals surface area (Å²) < 4.78 is 10.5. The quantitative estimate of drug-likeness (QED) is 0.734. The average molecular weight is 272 g/mol. The molecular weight excluding hydrogens is 244 g/mol. The normalized spacial score (nSPS) is 21.5. The first kappa shape index (κ1) is 16.2. The van der Waals surface area contributed by atoms with E-state index >= 15 is 0 Å². The molecule has 1 amide bonds. The van der Waals surface area contributed by atoms with Crippen molar-refractivity contribution in [2.45, 2.75) is 45.8 Å². The monoisotopic (exact) mass is 272 g/mol.